The summed E-state index contributed by atoms with van der Waals surface area (Å²) in [7, 11) is 4.02. The molecule has 1 unspecified atom stereocenters. The quantitative estimate of drug-likeness (QED) is 0.621. The lowest BCUT2D eigenvalue weighted by Crippen LogP contribution is -2.43. The van der Waals surface area contributed by atoms with Gasteiger partial charge in [-0.2, -0.15) is 5.10 Å². The van der Waals surface area contributed by atoms with Crippen molar-refractivity contribution in [2.24, 2.45) is 4.99 Å². The number of nitrogens with zero attached hydrogens (tertiary/aromatic N) is 4. The van der Waals surface area contributed by atoms with Crippen LogP contribution < -0.4 is 10.6 Å². The monoisotopic (exact) mass is 340 g/mol. The molecule has 0 spiro atoms. The van der Waals surface area contributed by atoms with Crippen molar-refractivity contribution in [1.29, 1.82) is 0 Å². The van der Waals surface area contributed by atoms with Crippen molar-refractivity contribution in [3.8, 4) is 0 Å². The van der Waals surface area contributed by atoms with E-state index in [1.165, 1.54) is 30.5 Å². The van der Waals surface area contributed by atoms with E-state index in [1.807, 2.05) is 30.2 Å². The highest BCUT2D eigenvalue weighted by Crippen LogP contribution is 2.13. The predicted octanol–water partition coefficient (Wildman–Crippen LogP) is 1.69. The Balaban J connectivity index is 1.54. The van der Waals surface area contributed by atoms with Gasteiger partial charge in [0.15, 0.2) is 5.96 Å². The van der Waals surface area contributed by atoms with Gasteiger partial charge in [0, 0.05) is 38.6 Å². The molecule has 1 atom stereocenters. The Morgan fingerprint density at radius 1 is 1.24 bits per heavy atom. The second kappa shape index (κ2) is 8.67. The summed E-state index contributed by atoms with van der Waals surface area (Å²) in [6, 6.07) is 11.0. The zero-order chi connectivity index (χ0) is 17.5. The van der Waals surface area contributed by atoms with Crippen LogP contribution in [0.4, 0.5) is 0 Å². The van der Waals surface area contributed by atoms with Crippen molar-refractivity contribution >= 4 is 5.96 Å². The highest BCUT2D eigenvalue weighted by atomic mass is 15.3. The molecule has 0 radical (unpaired) electrons. The molecule has 2 heterocycles. The van der Waals surface area contributed by atoms with E-state index >= 15 is 0 Å². The third-order valence-electron chi connectivity index (χ3n) is 4.86. The van der Waals surface area contributed by atoms with Crippen molar-refractivity contribution in [1.82, 2.24) is 25.3 Å². The predicted molar refractivity (Wildman–Crippen MR) is 102 cm³/mol. The van der Waals surface area contributed by atoms with Crippen molar-refractivity contribution in [3.05, 3.63) is 53.9 Å². The third-order valence-corrected chi connectivity index (χ3v) is 4.86. The van der Waals surface area contributed by atoms with Gasteiger partial charge in [-0.15, -0.1) is 0 Å². The van der Waals surface area contributed by atoms with Crippen LogP contribution in [0.1, 0.15) is 24.0 Å². The summed E-state index contributed by atoms with van der Waals surface area (Å²) >= 11 is 0. The van der Waals surface area contributed by atoms with E-state index in [-0.39, 0.29) is 0 Å². The minimum absolute atomic E-state index is 0.602. The number of likely N-dealkylation sites (N-methyl/N-ethyl adjacent to an activating group) is 1. The first kappa shape index (κ1) is 17.5. The Kier molecular flexibility index (Phi) is 6.06. The van der Waals surface area contributed by atoms with E-state index in [1.54, 1.807) is 0 Å². The lowest BCUT2D eigenvalue weighted by molar-refractivity contribution is 0.309. The zero-order valence-corrected chi connectivity index (χ0v) is 15.2. The molecule has 2 aromatic rings. The van der Waals surface area contributed by atoms with Crippen LogP contribution >= 0.6 is 0 Å². The smallest absolute Gasteiger partial charge is 0.191 e. The number of hydrogen-bond donors (Lipinski definition) is 2. The Labute approximate surface area is 149 Å². The molecule has 25 heavy (non-hydrogen) atoms. The van der Waals surface area contributed by atoms with Crippen LogP contribution in [-0.4, -0.2) is 53.9 Å². The van der Waals surface area contributed by atoms with Gasteiger partial charge in [0.1, 0.15) is 0 Å². The SMILES string of the molecule is CN=C(NCc1ccccc1Cn1cccn1)NCC1CCCN1C. The molecular weight excluding hydrogens is 312 g/mol. The van der Waals surface area contributed by atoms with Crippen LogP contribution in [0.15, 0.2) is 47.7 Å². The van der Waals surface area contributed by atoms with Gasteiger partial charge < -0.3 is 15.5 Å². The van der Waals surface area contributed by atoms with Crippen molar-refractivity contribution in [2.45, 2.75) is 32.0 Å². The molecule has 6 nitrogen and oxygen atoms in total. The van der Waals surface area contributed by atoms with E-state index in [9.17, 15) is 0 Å². The van der Waals surface area contributed by atoms with Crippen molar-refractivity contribution in [3.63, 3.8) is 0 Å². The molecule has 134 valence electrons. The van der Waals surface area contributed by atoms with Crippen LogP contribution in [-0.2, 0) is 13.1 Å². The average molecular weight is 340 g/mol. The number of nitrogens with one attached hydrogen (secondary N) is 2. The molecule has 1 aliphatic rings. The minimum Gasteiger partial charge on any atom is -0.355 e. The maximum Gasteiger partial charge on any atom is 0.191 e. The lowest BCUT2D eigenvalue weighted by atomic mass is 10.1. The molecule has 0 amide bonds. The molecule has 1 aromatic heterocycles. The average Bonchev–Trinajstić information content (AvgIpc) is 3.28. The fraction of sp³-hybridized carbons (Fsp3) is 0.474. The van der Waals surface area contributed by atoms with E-state index in [0.717, 1.165) is 25.6 Å². The number of guanidine groups is 1. The number of aromatic nitrogens is 2. The van der Waals surface area contributed by atoms with Gasteiger partial charge in [0.05, 0.1) is 6.54 Å². The summed E-state index contributed by atoms with van der Waals surface area (Å²) in [5, 5.41) is 11.2. The van der Waals surface area contributed by atoms with Gasteiger partial charge in [-0.1, -0.05) is 24.3 Å². The molecule has 1 saturated heterocycles. The summed E-state index contributed by atoms with van der Waals surface area (Å²) in [5.74, 6) is 0.856. The highest BCUT2D eigenvalue weighted by molar-refractivity contribution is 5.79. The Bertz CT molecular complexity index is 679. The summed E-state index contributed by atoms with van der Waals surface area (Å²) in [6.45, 7) is 3.66. The van der Waals surface area contributed by atoms with E-state index in [2.05, 4.69) is 56.9 Å². The molecule has 6 heteroatoms. The highest BCUT2D eigenvalue weighted by Gasteiger charge is 2.20. The lowest BCUT2D eigenvalue weighted by Gasteiger charge is -2.21. The number of rotatable bonds is 6. The molecule has 1 fully saturated rings. The van der Waals surface area contributed by atoms with E-state index < -0.39 is 0 Å². The first-order chi connectivity index (χ1) is 12.3. The van der Waals surface area contributed by atoms with E-state index in [0.29, 0.717) is 6.04 Å². The number of benzene rings is 1. The molecule has 0 saturated carbocycles. The van der Waals surface area contributed by atoms with Crippen LogP contribution in [0.25, 0.3) is 0 Å². The van der Waals surface area contributed by atoms with Gasteiger partial charge in [0.2, 0.25) is 0 Å². The van der Waals surface area contributed by atoms with Crippen molar-refractivity contribution < 1.29 is 0 Å². The fourth-order valence-corrected chi connectivity index (χ4v) is 3.30. The largest absolute Gasteiger partial charge is 0.355 e. The fourth-order valence-electron chi connectivity index (χ4n) is 3.30. The standard InChI is InChI=1S/C19H28N6/c1-20-19(22-14-18-9-5-11-24(18)2)21-13-16-7-3-4-8-17(16)15-25-12-6-10-23-25/h3-4,6-8,10,12,18H,5,9,11,13-15H2,1-2H3,(H2,20,21,22). The molecular formula is C19H28N6. The van der Waals surface area contributed by atoms with Crippen LogP contribution in [0, 0.1) is 0 Å². The Morgan fingerprint density at radius 2 is 2.08 bits per heavy atom. The van der Waals surface area contributed by atoms with Crippen LogP contribution in [0.5, 0.6) is 0 Å². The molecule has 3 rings (SSSR count). The van der Waals surface area contributed by atoms with E-state index in [4.69, 9.17) is 0 Å². The molecule has 1 aliphatic heterocycles. The second-order valence-corrected chi connectivity index (χ2v) is 6.56. The third kappa shape index (κ3) is 4.82. The number of likely N-dealkylation sites (tertiary alicyclic amines) is 1. The summed E-state index contributed by atoms with van der Waals surface area (Å²) < 4.78 is 1.95. The first-order valence-corrected chi connectivity index (χ1v) is 8.95. The summed E-state index contributed by atoms with van der Waals surface area (Å²) in [5.41, 5.74) is 2.53. The molecule has 0 aliphatic carbocycles. The number of hydrogen-bond acceptors (Lipinski definition) is 3. The topological polar surface area (TPSA) is 57.5 Å². The first-order valence-electron chi connectivity index (χ1n) is 8.95. The van der Waals surface area contributed by atoms with Gasteiger partial charge in [0.25, 0.3) is 0 Å². The maximum absolute atomic E-state index is 4.35. The molecule has 0 bridgehead atoms. The minimum atomic E-state index is 0.602. The van der Waals surface area contributed by atoms with Gasteiger partial charge in [-0.25, -0.2) is 0 Å². The zero-order valence-electron chi connectivity index (χ0n) is 15.2. The number of aliphatic imine (C=N–C) groups is 1. The van der Waals surface area contributed by atoms with Gasteiger partial charge >= 0.3 is 0 Å². The van der Waals surface area contributed by atoms with Crippen molar-refractivity contribution in [2.75, 3.05) is 27.2 Å². The maximum atomic E-state index is 4.35. The summed E-state index contributed by atoms with van der Waals surface area (Å²) in [4.78, 5) is 6.77. The second-order valence-electron chi connectivity index (χ2n) is 6.56. The van der Waals surface area contributed by atoms with Crippen LogP contribution in [0.3, 0.4) is 0 Å². The molecule has 2 N–H and O–H groups in total. The van der Waals surface area contributed by atoms with Gasteiger partial charge in [-0.05, 0) is 43.6 Å². The Hall–Kier alpha value is -2.34. The van der Waals surface area contributed by atoms with Gasteiger partial charge in [-0.3, -0.25) is 9.67 Å². The molecule has 1 aromatic carbocycles. The normalized spacial score (nSPS) is 18.5. The Morgan fingerprint density at radius 3 is 2.76 bits per heavy atom. The van der Waals surface area contributed by atoms with Crippen LogP contribution in [0.2, 0.25) is 0 Å². The summed E-state index contributed by atoms with van der Waals surface area (Å²) in [6.07, 6.45) is 6.35.